The van der Waals surface area contributed by atoms with E-state index in [0.717, 1.165) is 31.5 Å². The molecule has 1 saturated heterocycles. The Balaban J connectivity index is 2.17. The number of isocyanates is 1. The van der Waals surface area contributed by atoms with Gasteiger partial charge in [0.2, 0.25) is 6.08 Å². The molecule has 1 aliphatic heterocycles. The number of aliphatic imine (C=N–C) groups is 1. The average molecular weight is 276 g/mol. The van der Waals surface area contributed by atoms with Gasteiger partial charge in [-0.2, -0.15) is 0 Å². The van der Waals surface area contributed by atoms with E-state index in [4.69, 9.17) is 9.47 Å². The summed E-state index contributed by atoms with van der Waals surface area (Å²) in [6.07, 6.45) is 3.73. The van der Waals surface area contributed by atoms with Crippen LogP contribution in [0.3, 0.4) is 0 Å². The molecule has 1 aromatic rings. The maximum Gasteiger partial charge on any atom is 0.235 e. The van der Waals surface area contributed by atoms with Gasteiger partial charge in [0.1, 0.15) is 6.10 Å². The molecule has 0 bridgehead atoms. The quantitative estimate of drug-likeness (QED) is 0.610. The number of ether oxygens (including phenoxy) is 2. The van der Waals surface area contributed by atoms with Gasteiger partial charge in [0.25, 0.3) is 0 Å². The molecule has 0 atom stereocenters. The minimum absolute atomic E-state index is 0.182. The number of hydrogen-bond acceptors (Lipinski definition) is 5. The molecule has 0 saturated carbocycles. The van der Waals surface area contributed by atoms with Gasteiger partial charge in [-0.15, -0.1) is 0 Å². The molecule has 0 aromatic heterocycles. The highest BCUT2D eigenvalue weighted by atomic mass is 16.5. The van der Waals surface area contributed by atoms with Crippen molar-refractivity contribution in [1.29, 1.82) is 0 Å². The average Bonchev–Trinajstić information content (AvgIpc) is 2.48. The van der Waals surface area contributed by atoms with Crippen molar-refractivity contribution in [3.63, 3.8) is 0 Å². The fraction of sp³-hybridized carbons (Fsp3) is 0.533. The lowest BCUT2D eigenvalue weighted by molar-refractivity contribution is 0.110. The number of carbonyl (C=O) groups excluding carboxylic acids is 1. The number of likely N-dealkylation sites (tertiary alicyclic amines) is 1. The highest BCUT2D eigenvalue weighted by Gasteiger charge is 2.21. The van der Waals surface area contributed by atoms with Crippen LogP contribution in [0.25, 0.3) is 0 Å². The standard InChI is InChI=1S/C15H20N2O3/c1-17-8-6-13(7-9-17)20-15-12(10-16-11-18)4-3-5-14(15)19-2/h3-5,13H,6-10H2,1-2H3. The van der Waals surface area contributed by atoms with Crippen LogP contribution in [0.5, 0.6) is 11.5 Å². The van der Waals surface area contributed by atoms with Crippen molar-refractivity contribution in [2.45, 2.75) is 25.5 Å². The van der Waals surface area contributed by atoms with Crippen LogP contribution in [0.15, 0.2) is 23.2 Å². The topological polar surface area (TPSA) is 51.1 Å². The highest BCUT2D eigenvalue weighted by molar-refractivity contribution is 5.47. The third kappa shape index (κ3) is 3.59. The van der Waals surface area contributed by atoms with Crippen LogP contribution in [0.1, 0.15) is 18.4 Å². The number of methoxy groups -OCH3 is 1. The van der Waals surface area contributed by atoms with Gasteiger partial charge in [-0.1, -0.05) is 12.1 Å². The zero-order valence-electron chi connectivity index (χ0n) is 12.0. The summed E-state index contributed by atoms with van der Waals surface area (Å²) in [6, 6.07) is 5.63. The smallest absolute Gasteiger partial charge is 0.235 e. The van der Waals surface area contributed by atoms with Gasteiger partial charge < -0.3 is 14.4 Å². The Morgan fingerprint density at radius 1 is 1.40 bits per heavy atom. The highest BCUT2D eigenvalue weighted by Crippen LogP contribution is 2.33. The first-order chi connectivity index (χ1) is 9.74. The van der Waals surface area contributed by atoms with Crippen LogP contribution in [-0.2, 0) is 11.3 Å². The van der Waals surface area contributed by atoms with Crippen molar-refractivity contribution in [2.24, 2.45) is 4.99 Å². The Morgan fingerprint density at radius 2 is 2.15 bits per heavy atom. The van der Waals surface area contributed by atoms with Crippen LogP contribution in [0.4, 0.5) is 0 Å². The Labute approximate surface area is 119 Å². The number of benzene rings is 1. The second kappa shape index (κ2) is 7.08. The molecule has 0 N–H and O–H groups in total. The molecule has 1 fully saturated rings. The largest absolute Gasteiger partial charge is 0.493 e. The Hall–Kier alpha value is -1.84. The lowest BCUT2D eigenvalue weighted by Gasteiger charge is -2.30. The maximum absolute atomic E-state index is 10.3. The van der Waals surface area contributed by atoms with Crippen LogP contribution >= 0.6 is 0 Å². The van der Waals surface area contributed by atoms with Crippen LogP contribution < -0.4 is 9.47 Å². The van der Waals surface area contributed by atoms with Crippen LogP contribution in [0.2, 0.25) is 0 Å². The number of nitrogens with zero attached hydrogens (tertiary/aromatic N) is 2. The summed E-state index contributed by atoms with van der Waals surface area (Å²) in [6.45, 7) is 2.33. The molecular formula is C15H20N2O3. The van der Waals surface area contributed by atoms with Crippen molar-refractivity contribution in [3.8, 4) is 11.5 Å². The molecular weight excluding hydrogens is 256 g/mol. The van der Waals surface area contributed by atoms with Crippen LogP contribution in [-0.4, -0.2) is 44.3 Å². The van der Waals surface area contributed by atoms with E-state index in [1.54, 1.807) is 13.2 Å². The predicted octanol–water partition coefficient (Wildman–Crippen LogP) is 2.00. The summed E-state index contributed by atoms with van der Waals surface area (Å²) < 4.78 is 11.5. The number of para-hydroxylation sites is 1. The molecule has 5 heteroatoms. The lowest BCUT2D eigenvalue weighted by atomic mass is 10.1. The molecule has 108 valence electrons. The molecule has 1 aliphatic rings. The Morgan fingerprint density at radius 3 is 2.80 bits per heavy atom. The SMILES string of the molecule is COc1cccc(CN=C=O)c1OC1CCN(C)CC1. The molecule has 1 aromatic carbocycles. The minimum atomic E-state index is 0.182. The van der Waals surface area contributed by atoms with Gasteiger partial charge in [-0.05, 0) is 26.0 Å². The minimum Gasteiger partial charge on any atom is -0.493 e. The van der Waals surface area contributed by atoms with Gasteiger partial charge >= 0.3 is 0 Å². The first-order valence-electron chi connectivity index (χ1n) is 6.79. The van der Waals surface area contributed by atoms with Gasteiger partial charge in [0.15, 0.2) is 11.5 Å². The number of rotatable bonds is 5. The molecule has 0 aliphatic carbocycles. The monoisotopic (exact) mass is 276 g/mol. The second-order valence-corrected chi connectivity index (χ2v) is 4.98. The van der Waals surface area contributed by atoms with E-state index in [0.29, 0.717) is 11.5 Å². The van der Waals surface area contributed by atoms with E-state index in [2.05, 4.69) is 16.9 Å². The molecule has 20 heavy (non-hydrogen) atoms. The van der Waals surface area contributed by atoms with E-state index in [1.165, 1.54) is 0 Å². The zero-order valence-corrected chi connectivity index (χ0v) is 12.0. The van der Waals surface area contributed by atoms with Gasteiger partial charge in [0.05, 0.1) is 13.7 Å². The van der Waals surface area contributed by atoms with E-state index in [-0.39, 0.29) is 12.6 Å². The summed E-state index contributed by atoms with van der Waals surface area (Å²) in [5.41, 5.74) is 0.853. The second-order valence-electron chi connectivity index (χ2n) is 4.98. The molecule has 0 spiro atoms. The first-order valence-corrected chi connectivity index (χ1v) is 6.79. The van der Waals surface area contributed by atoms with Gasteiger partial charge in [-0.3, -0.25) is 0 Å². The molecule has 0 unspecified atom stereocenters. The van der Waals surface area contributed by atoms with E-state index >= 15 is 0 Å². The summed E-state index contributed by atoms with van der Waals surface area (Å²) in [5, 5.41) is 0. The van der Waals surface area contributed by atoms with Crippen molar-refractivity contribution < 1.29 is 14.3 Å². The molecule has 0 amide bonds. The molecule has 5 nitrogen and oxygen atoms in total. The Bertz CT molecular complexity index is 490. The normalized spacial score (nSPS) is 16.5. The zero-order chi connectivity index (χ0) is 14.4. The first kappa shape index (κ1) is 14.6. The van der Waals surface area contributed by atoms with Crippen LogP contribution in [0, 0.1) is 0 Å². The molecule has 0 radical (unpaired) electrons. The van der Waals surface area contributed by atoms with Gasteiger partial charge in [-0.25, -0.2) is 9.79 Å². The number of piperidine rings is 1. The summed E-state index contributed by atoms with van der Waals surface area (Å²) in [7, 11) is 3.73. The fourth-order valence-electron chi connectivity index (χ4n) is 2.37. The van der Waals surface area contributed by atoms with E-state index < -0.39 is 0 Å². The summed E-state index contributed by atoms with van der Waals surface area (Å²) in [5.74, 6) is 1.38. The third-order valence-corrected chi connectivity index (χ3v) is 3.54. The van der Waals surface area contributed by atoms with Crippen molar-refractivity contribution >= 4 is 6.08 Å². The lowest BCUT2D eigenvalue weighted by Crippen LogP contribution is -2.35. The van der Waals surface area contributed by atoms with E-state index in [1.807, 2.05) is 18.2 Å². The van der Waals surface area contributed by atoms with Crippen molar-refractivity contribution in [2.75, 3.05) is 27.2 Å². The fourth-order valence-corrected chi connectivity index (χ4v) is 2.37. The van der Waals surface area contributed by atoms with Crippen molar-refractivity contribution in [1.82, 2.24) is 4.90 Å². The summed E-state index contributed by atoms with van der Waals surface area (Å²) >= 11 is 0. The Kier molecular flexibility index (Phi) is 5.16. The molecule has 1 heterocycles. The van der Waals surface area contributed by atoms with E-state index in [9.17, 15) is 4.79 Å². The van der Waals surface area contributed by atoms with Crippen molar-refractivity contribution in [3.05, 3.63) is 23.8 Å². The van der Waals surface area contributed by atoms with Gasteiger partial charge in [0, 0.05) is 18.7 Å². The molecule has 2 rings (SSSR count). The predicted molar refractivity (Wildman–Crippen MR) is 76.0 cm³/mol. The third-order valence-electron chi connectivity index (χ3n) is 3.54. The number of hydrogen-bond donors (Lipinski definition) is 0. The maximum atomic E-state index is 10.3. The summed E-state index contributed by atoms with van der Waals surface area (Å²) in [4.78, 5) is 16.2.